The summed E-state index contributed by atoms with van der Waals surface area (Å²) in [6.07, 6.45) is 8.04. The van der Waals surface area contributed by atoms with E-state index in [2.05, 4.69) is 26.1 Å². The van der Waals surface area contributed by atoms with Crippen LogP contribution >= 0.6 is 0 Å². The standard InChI is InChI=1S/C14H29NO/c1-4-12-6-5-7-13(9-8-12)15-14(10-16)11(2)3/h11-16H,4-10H2,1-3H3. The summed E-state index contributed by atoms with van der Waals surface area (Å²) in [7, 11) is 0. The van der Waals surface area contributed by atoms with E-state index in [4.69, 9.17) is 0 Å². The van der Waals surface area contributed by atoms with Crippen LogP contribution in [0.2, 0.25) is 0 Å². The number of aliphatic hydroxyl groups excluding tert-OH is 1. The topological polar surface area (TPSA) is 32.3 Å². The van der Waals surface area contributed by atoms with E-state index >= 15 is 0 Å². The van der Waals surface area contributed by atoms with Gasteiger partial charge in [0.2, 0.25) is 0 Å². The molecule has 0 spiro atoms. The van der Waals surface area contributed by atoms with Gasteiger partial charge in [-0.2, -0.15) is 0 Å². The third kappa shape index (κ3) is 4.42. The smallest absolute Gasteiger partial charge is 0.0587 e. The molecule has 0 heterocycles. The lowest BCUT2D eigenvalue weighted by Gasteiger charge is -2.26. The van der Waals surface area contributed by atoms with Crippen LogP contribution in [0.5, 0.6) is 0 Å². The second-order valence-corrected chi connectivity index (χ2v) is 5.68. The third-order valence-electron chi connectivity index (χ3n) is 4.12. The average molecular weight is 227 g/mol. The summed E-state index contributed by atoms with van der Waals surface area (Å²) >= 11 is 0. The minimum atomic E-state index is 0.269. The van der Waals surface area contributed by atoms with Crippen LogP contribution in [0.1, 0.15) is 59.3 Å². The maximum Gasteiger partial charge on any atom is 0.0587 e. The fraction of sp³-hybridized carbons (Fsp3) is 1.00. The monoisotopic (exact) mass is 227 g/mol. The minimum absolute atomic E-state index is 0.269. The number of aliphatic hydroxyl groups is 1. The lowest BCUT2D eigenvalue weighted by Crippen LogP contribution is -2.43. The molecule has 0 amide bonds. The van der Waals surface area contributed by atoms with Crippen LogP contribution in [0.4, 0.5) is 0 Å². The Morgan fingerprint density at radius 3 is 2.50 bits per heavy atom. The Balaban J connectivity index is 2.36. The predicted molar refractivity (Wildman–Crippen MR) is 69.5 cm³/mol. The van der Waals surface area contributed by atoms with Crippen LogP contribution in [0.15, 0.2) is 0 Å². The van der Waals surface area contributed by atoms with Crippen molar-refractivity contribution in [2.24, 2.45) is 11.8 Å². The lowest BCUT2D eigenvalue weighted by molar-refractivity contribution is 0.194. The van der Waals surface area contributed by atoms with Gasteiger partial charge in [0.25, 0.3) is 0 Å². The van der Waals surface area contributed by atoms with Crippen molar-refractivity contribution in [1.82, 2.24) is 5.32 Å². The van der Waals surface area contributed by atoms with E-state index in [0.717, 1.165) is 5.92 Å². The molecule has 0 aliphatic heterocycles. The van der Waals surface area contributed by atoms with Crippen molar-refractivity contribution in [2.45, 2.75) is 71.4 Å². The first-order valence-electron chi connectivity index (χ1n) is 7.04. The number of rotatable bonds is 5. The second-order valence-electron chi connectivity index (χ2n) is 5.68. The van der Waals surface area contributed by atoms with E-state index in [1.54, 1.807) is 0 Å². The molecule has 1 aliphatic carbocycles. The highest BCUT2D eigenvalue weighted by molar-refractivity contribution is 4.79. The lowest BCUT2D eigenvalue weighted by atomic mass is 9.97. The van der Waals surface area contributed by atoms with Gasteiger partial charge >= 0.3 is 0 Å². The molecule has 1 aliphatic rings. The second kappa shape index (κ2) is 7.29. The zero-order valence-electron chi connectivity index (χ0n) is 11.2. The molecule has 0 aromatic carbocycles. The first-order valence-corrected chi connectivity index (χ1v) is 7.04. The third-order valence-corrected chi connectivity index (χ3v) is 4.12. The average Bonchev–Trinajstić information content (AvgIpc) is 2.50. The Labute approximate surface area is 101 Å². The summed E-state index contributed by atoms with van der Waals surface area (Å²) in [4.78, 5) is 0. The molecule has 0 aromatic heterocycles. The first kappa shape index (κ1) is 14.0. The van der Waals surface area contributed by atoms with E-state index in [-0.39, 0.29) is 12.6 Å². The summed E-state index contributed by atoms with van der Waals surface area (Å²) in [5.41, 5.74) is 0. The first-order chi connectivity index (χ1) is 7.67. The molecule has 16 heavy (non-hydrogen) atoms. The molecular formula is C14H29NO. The summed E-state index contributed by atoms with van der Waals surface area (Å²) in [5, 5.41) is 13.0. The van der Waals surface area contributed by atoms with Gasteiger partial charge in [0, 0.05) is 12.1 Å². The maximum atomic E-state index is 9.33. The quantitative estimate of drug-likeness (QED) is 0.708. The highest BCUT2D eigenvalue weighted by Gasteiger charge is 2.21. The van der Waals surface area contributed by atoms with Gasteiger partial charge in [-0.3, -0.25) is 0 Å². The highest BCUT2D eigenvalue weighted by Crippen LogP contribution is 2.25. The molecule has 0 bridgehead atoms. The Kier molecular flexibility index (Phi) is 6.37. The summed E-state index contributed by atoms with van der Waals surface area (Å²) in [5.74, 6) is 1.47. The number of hydrogen-bond donors (Lipinski definition) is 2. The zero-order valence-corrected chi connectivity index (χ0v) is 11.2. The maximum absolute atomic E-state index is 9.33. The fourth-order valence-corrected chi connectivity index (χ4v) is 2.71. The summed E-state index contributed by atoms with van der Waals surface area (Å²) in [6, 6.07) is 0.916. The van der Waals surface area contributed by atoms with Crippen LogP contribution in [0, 0.1) is 11.8 Å². The van der Waals surface area contributed by atoms with E-state index in [1.165, 1.54) is 38.5 Å². The van der Waals surface area contributed by atoms with Gasteiger partial charge < -0.3 is 10.4 Å². The van der Waals surface area contributed by atoms with Crippen molar-refractivity contribution in [2.75, 3.05) is 6.61 Å². The van der Waals surface area contributed by atoms with E-state index in [1.807, 2.05) is 0 Å². The van der Waals surface area contributed by atoms with Crippen molar-refractivity contribution in [3.63, 3.8) is 0 Å². The van der Waals surface area contributed by atoms with Gasteiger partial charge in [0.15, 0.2) is 0 Å². The molecule has 2 nitrogen and oxygen atoms in total. The summed E-state index contributed by atoms with van der Waals surface area (Å²) in [6.45, 7) is 6.94. The highest BCUT2D eigenvalue weighted by atomic mass is 16.3. The van der Waals surface area contributed by atoms with Gasteiger partial charge in [-0.05, 0) is 31.1 Å². The molecule has 1 saturated carbocycles. The molecule has 3 unspecified atom stereocenters. The molecule has 2 N–H and O–H groups in total. The number of nitrogens with one attached hydrogen (secondary N) is 1. The van der Waals surface area contributed by atoms with Crippen molar-refractivity contribution >= 4 is 0 Å². The Hall–Kier alpha value is -0.0800. The zero-order chi connectivity index (χ0) is 12.0. The normalized spacial score (nSPS) is 29.1. The largest absolute Gasteiger partial charge is 0.395 e. The van der Waals surface area contributed by atoms with Gasteiger partial charge in [0.1, 0.15) is 0 Å². The predicted octanol–water partition coefficient (Wildman–Crippen LogP) is 2.95. The van der Waals surface area contributed by atoms with Gasteiger partial charge in [-0.25, -0.2) is 0 Å². The van der Waals surface area contributed by atoms with Gasteiger partial charge in [0.05, 0.1) is 6.61 Å². The van der Waals surface area contributed by atoms with Crippen molar-refractivity contribution < 1.29 is 5.11 Å². The van der Waals surface area contributed by atoms with Crippen molar-refractivity contribution in [1.29, 1.82) is 0 Å². The van der Waals surface area contributed by atoms with Crippen LogP contribution in [-0.4, -0.2) is 23.8 Å². The fourth-order valence-electron chi connectivity index (χ4n) is 2.71. The van der Waals surface area contributed by atoms with Gasteiger partial charge in [-0.15, -0.1) is 0 Å². The molecule has 0 saturated heterocycles. The minimum Gasteiger partial charge on any atom is -0.395 e. The van der Waals surface area contributed by atoms with Crippen molar-refractivity contribution in [3.8, 4) is 0 Å². The van der Waals surface area contributed by atoms with E-state index < -0.39 is 0 Å². The van der Waals surface area contributed by atoms with Crippen LogP contribution in [0.3, 0.4) is 0 Å². The Morgan fingerprint density at radius 1 is 1.19 bits per heavy atom. The number of hydrogen-bond acceptors (Lipinski definition) is 2. The Bertz CT molecular complexity index is 182. The molecule has 1 rings (SSSR count). The van der Waals surface area contributed by atoms with E-state index in [0.29, 0.717) is 12.0 Å². The molecular weight excluding hydrogens is 198 g/mol. The van der Waals surface area contributed by atoms with Crippen LogP contribution in [0.25, 0.3) is 0 Å². The van der Waals surface area contributed by atoms with Crippen LogP contribution < -0.4 is 5.32 Å². The molecule has 3 atom stereocenters. The molecule has 2 heteroatoms. The SMILES string of the molecule is CCC1CCCC(NC(CO)C(C)C)CC1. The molecule has 96 valence electrons. The van der Waals surface area contributed by atoms with Crippen LogP contribution in [-0.2, 0) is 0 Å². The Morgan fingerprint density at radius 2 is 1.94 bits per heavy atom. The molecule has 0 aromatic rings. The molecule has 1 fully saturated rings. The molecule has 0 radical (unpaired) electrons. The summed E-state index contributed by atoms with van der Waals surface area (Å²) < 4.78 is 0. The van der Waals surface area contributed by atoms with Crippen molar-refractivity contribution in [3.05, 3.63) is 0 Å². The van der Waals surface area contributed by atoms with E-state index in [9.17, 15) is 5.11 Å². The van der Waals surface area contributed by atoms with Gasteiger partial charge in [-0.1, -0.05) is 40.0 Å².